The number of halogens is 2. The second-order valence-corrected chi connectivity index (χ2v) is 11.8. The number of amides is 1. The molecule has 2 aliphatic heterocycles. The van der Waals surface area contributed by atoms with Crippen LogP contribution in [0.2, 0.25) is 0 Å². The molecular weight excluding hydrogens is 618 g/mol. The first-order valence-corrected chi connectivity index (χ1v) is 15.8. The number of ether oxygens (including phenoxy) is 3. The predicted octanol–water partition coefficient (Wildman–Crippen LogP) is 6.31. The second kappa shape index (κ2) is 13.7. The lowest BCUT2D eigenvalue weighted by atomic mass is 9.94. The van der Waals surface area contributed by atoms with E-state index in [1.165, 1.54) is 29.5 Å². The third-order valence-electron chi connectivity index (χ3n) is 8.66. The van der Waals surface area contributed by atoms with Gasteiger partial charge in [0.05, 0.1) is 13.2 Å². The Bertz CT molecular complexity index is 1820. The second-order valence-electron chi connectivity index (χ2n) is 11.8. The quantitative estimate of drug-likeness (QED) is 0.198. The van der Waals surface area contributed by atoms with Crippen molar-refractivity contribution in [2.75, 3.05) is 54.5 Å². The van der Waals surface area contributed by atoms with Gasteiger partial charge in [-0.05, 0) is 72.8 Å². The van der Waals surface area contributed by atoms with Gasteiger partial charge in [0.15, 0.2) is 5.72 Å². The van der Waals surface area contributed by atoms with E-state index in [9.17, 15) is 13.6 Å². The lowest BCUT2D eigenvalue weighted by Gasteiger charge is -2.37. The van der Waals surface area contributed by atoms with E-state index in [1.807, 2.05) is 54.6 Å². The van der Waals surface area contributed by atoms with Crippen LogP contribution in [0.1, 0.15) is 12.0 Å². The smallest absolute Gasteiger partial charge is 0.417 e. The number of carbonyl (C=O) groups excluding carboxylic acids is 1. The number of nitrogens with zero attached hydrogens (tertiary/aromatic N) is 5. The number of rotatable bonds is 9. The summed E-state index contributed by atoms with van der Waals surface area (Å²) in [6.07, 6.45) is 2.70. The first-order chi connectivity index (χ1) is 23.4. The van der Waals surface area contributed by atoms with Crippen LogP contribution in [0.3, 0.4) is 0 Å². The molecule has 246 valence electrons. The SMILES string of the molecule is O=C(Nc1ccc(N2CCN(c3ccc(OC[C@@H]4CO[C@](c5ccc(F)cc5F)(n5cncn5)C4)cc3)CC2)cc1)Oc1ccccc1. The molecule has 2 saturated heterocycles. The van der Waals surface area contributed by atoms with Crippen LogP contribution in [0.25, 0.3) is 0 Å². The molecule has 5 aromatic rings. The summed E-state index contributed by atoms with van der Waals surface area (Å²) in [5.74, 6) is -0.195. The van der Waals surface area contributed by atoms with Gasteiger partial charge in [-0.2, -0.15) is 5.10 Å². The zero-order chi connectivity index (χ0) is 32.9. The monoisotopic (exact) mass is 652 g/mol. The van der Waals surface area contributed by atoms with Crippen molar-refractivity contribution < 1.29 is 27.8 Å². The van der Waals surface area contributed by atoms with Gasteiger partial charge in [0.25, 0.3) is 0 Å². The number of hydrogen-bond acceptors (Lipinski definition) is 8. The van der Waals surface area contributed by atoms with Crippen molar-refractivity contribution in [3.63, 3.8) is 0 Å². The summed E-state index contributed by atoms with van der Waals surface area (Å²) in [4.78, 5) is 20.9. The summed E-state index contributed by atoms with van der Waals surface area (Å²) in [7, 11) is 0. The van der Waals surface area contributed by atoms with Gasteiger partial charge in [-0.3, -0.25) is 5.32 Å². The Morgan fingerprint density at radius 3 is 2.21 bits per heavy atom. The molecular formula is C36H34F2N6O4. The largest absolute Gasteiger partial charge is 0.493 e. The van der Waals surface area contributed by atoms with Crippen LogP contribution in [0.5, 0.6) is 11.5 Å². The zero-order valence-corrected chi connectivity index (χ0v) is 26.0. The average molecular weight is 653 g/mol. The molecule has 2 atom stereocenters. The Morgan fingerprint density at radius 1 is 0.875 bits per heavy atom. The van der Waals surface area contributed by atoms with Crippen molar-refractivity contribution in [1.29, 1.82) is 0 Å². The highest BCUT2D eigenvalue weighted by Crippen LogP contribution is 2.41. The van der Waals surface area contributed by atoms with Crippen LogP contribution < -0.4 is 24.6 Å². The first-order valence-electron chi connectivity index (χ1n) is 15.8. The highest BCUT2D eigenvalue weighted by atomic mass is 19.1. The standard InChI is InChI=1S/C36H34F2N6O4/c37-27-6-15-33(34(38)20-27)36(44-25-39-24-40-44)21-26(23-47-36)22-46-31-13-11-30(12-14-31)43-18-16-42(17-19-43)29-9-7-28(8-10-29)41-35(45)48-32-4-2-1-3-5-32/h1-15,20,24-26H,16-19,21-23H2,(H,41,45)/t26-,36-/m1/s1. The summed E-state index contributed by atoms with van der Waals surface area (Å²) in [6.45, 7) is 4.09. The molecule has 2 aliphatic rings. The third-order valence-corrected chi connectivity index (χ3v) is 8.66. The topological polar surface area (TPSA) is 94.0 Å². The minimum atomic E-state index is -1.23. The maximum absolute atomic E-state index is 14.9. The molecule has 1 N–H and O–H groups in total. The van der Waals surface area contributed by atoms with Crippen LogP contribution in [0.15, 0.2) is 110 Å². The highest BCUT2D eigenvalue weighted by Gasteiger charge is 2.46. The van der Waals surface area contributed by atoms with Gasteiger partial charge in [0, 0.05) is 67.2 Å². The van der Waals surface area contributed by atoms with Gasteiger partial charge in [-0.1, -0.05) is 18.2 Å². The van der Waals surface area contributed by atoms with Gasteiger partial charge in [0.1, 0.15) is 35.8 Å². The molecule has 48 heavy (non-hydrogen) atoms. The lowest BCUT2D eigenvalue weighted by Crippen LogP contribution is -2.46. The summed E-state index contributed by atoms with van der Waals surface area (Å²) >= 11 is 0. The zero-order valence-electron chi connectivity index (χ0n) is 26.0. The van der Waals surface area contributed by atoms with Gasteiger partial charge in [0.2, 0.25) is 0 Å². The molecule has 0 saturated carbocycles. The molecule has 0 bridgehead atoms. The Morgan fingerprint density at radius 2 is 1.56 bits per heavy atom. The van der Waals surface area contributed by atoms with Crippen molar-refractivity contribution in [2.45, 2.75) is 12.1 Å². The molecule has 4 aromatic carbocycles. The van der Waals surface area contributed by atoms with Crippen LogP contribution in [0.4, 0.5) is 30.6 Å². The number of carbonyl (C=O) groups is 1. The average Bonchev–Trinajstić information content (AvgIpc) is 3.81. The Labute approximate surface area is 276 Å². The van der Waals surface area contributed by atoms with Gasteiger partial charge >= 0.3 is 6.09 Å². The minimum absolute atomic E-state index is 0.0561. The molecule has 0 spiro atoms. The van der Waals surface area contributed by atoms with E-state index in [0.29, 0.717) is 31.1 Å². The molecule has 3 heterocycles. The van der Waals surface area contributed by atoms with Crippen LogP contribution >= 0.6 is 0 Å². The number of aromatic nitrogens is 3. The van der Waals surface area contributed by atoms with Crippen LogP contribution in [0, 0.1) is 17.6 Å². The Kier molecular flexibility index (Phi) is 8.89. The fraction of sp³-hybridized carbons (Fsp3) is 0.250. The summed E-state index contributed by atoms with van der Waals surface area (Å²) in [6, 6.07) is 28.2. The van der Waals surface area contributed by atoms with Crippen LogP contribution in [-0.2, 0) is 10.5 Å². The number of piperazine rings is 1. The van der Waals surface area contributed by atoms with E-state index < -0.39 is 23.5 Å². The molecule has 0 radical (unpaired) electrons. The number of hydrogen-bond donors (Lipinski definition) is 1. The maximum atomic E-state index is 14.9. The fourth-order valence-electron chi connectivity index (χ4n) is 6.23. The van der Waals surface area contributed by atoms with Crippen molar-refractivity contribution in [3.05, 3.63) is 127 Å². The normalized spacial score (nSPS) is 19.2. The van der Waals surface area contributed by atoms with Gasteiger partial charge in [-0.15, -0.1) is 0 Å². The van der Waals surface area contributed by atoms with Gasteiger partial charge in [-0.25, -0.2) is 23.2 Å². The predicted molar refractivity (Wildman–Crippen MR) is 176 cm³/mol. The van der Waals surface area contributed by atoms with E-state index in [1.54, 1.807) is 12.1 Å². The van der Waals surface area contributed by atoms with Crippen molar-refractivity contribution in [1.82, 2.24) is 14.8 Å². The molecule has 12 heteroatoms. The van der Waals surface area contributed by atoms with E-state index >= 15 is 0 Å². The van der Waals surface area contributed by atoms with E-state index in [-0.39, 0.29) is 11.5 Å². The first kappa shape index (κ1) is 31.1. The molecule has 10 nitrogen and oxygen atoms in total. The maximum Gasteiger partial charge on any atom is 0.417 e. The third kappa shape index (κ3) is 6.79. The summed E-state index contributed by atoms with van der Waals surface area (Å²) in [5.41, 5.74) is 1.84. The van der Waals surface area contributed by atoms with Crippen molar-refractivity contribution >= 4 is 23.2 Å². The lowest BCUT2D eigenvalue weighted by molar-refractivity contribution is -0.0390. The van der Waals surface area contributed by atoms with Crippen molar-refractivity contribution in [2.24, 2.45) is 5.92 Å². The molecule has 2 fully saturated rings. The number of anilines is 3. The molecule has 1 amide bonds. The summed E-state index contributed by atoms with van der Waals surface area (Å²) in [5, 5.41) is 6.98. The Balaban J connectivity index is 0.896. The number of para-hydroxylation sites is 1. The molecule has 7 rings (SSSR count). The molecule has 0 unspecified atom stereocenters. The van der Waals surface area contributed by atoms with Crippen LogP contribution in [-0.4, -0.2) is 60.3 Å². The highest BCUT2D eigenvalue weighted by molar-refractivity contribution is 5.86. The molecule has 0 aliphatic carbocycles. The van der Waals surface area contributed by atoms with E-state index in [2.05, 4.69) is 37.3 Å². The molecule has 1 aromatic heterocycles. The fourth-order valence-corrected chi connectivity index (χ4v) is 6.23. The Hall–Kier alpha value is -5.49. The van der Waals surface area contributed by atoms with E-state index in [4.69, 9.17) is 14.2 Å². The summed E-state index contributed by atoms with van der Waals surface area (Å²) < 4.78 is 47.6. The minimum Gasteiger partial charge on any atom is -0.493 e. The van der Waals surface area contributed by atoms with Crippen molar-refractivity contribution in [3.8, 4) is 11.5 Å². The van der Waals surface area contributed by atoms with E-state index in [0.717, 1.165) is 49.4 Å². The van der Waals surface area contributed by atoms with Gasteiger partial charge < -0.3 is 24.0 Å². The number of nitrogens with one attached hydrogen (secondary N) is 1. The number of benzene rings is 4.